The average molecular weight is 415 g/mol. The van der Waals surface area contributed by atoms with Gasteiger partial charge in [0.2, 0.25) is 0 Å². The minimum Gasteiger partial charge on any atom is -0.493 e. The summed E-state index contributed by atoms with van der Waals surface area (Å²) in [5, 5.41) is 2.57. The zero-order chi connectivity index (χ0) is 22.3. The number of aldehydes is 1. The van der Waals surface area contributed by atoms with Gasteiger partial charge in [-0.2, -0.15) is 0 Å². The van der Waals surface area contributed by atoms with Crippen molar-refractivity contribution in [3.05, 3.63) is 52.6 Å². The van der Waals surface area contributed by atoms with Crippen LogP contribution in [0.25, 0.3) is 0 Å². The van der Waals surface area contributed by atoms with Crippen LogP contribution in [0.4, 0.5) is 5.69 Å². The lowest BCUT2D eigenvalue weighted by Crippen LogP contribution is -2.22. The summed E-state index contributed by atoms with van der Waals surface area (Å²) in [5.41, 5.74) is 1.20. The number of nitrogens with one attached hydrogen (secondary N) is 1. The molecule has 0 fully saturated rings. The van der Waals surface area contributed by atoms with E-state index >= 15 is 0 Å². The van der Waals surface area contributed by atoms with Gasteiger partial charge < -0.3 is 24.3 Å². The number of hydrogen-bond donors (Lipinski definition) is 1. The standard InChI is InChI=1S/C21H21NO8/c1-12-5-6-13(20(25)29-4)9-15(12)22-17(24)11-30-21(26)18-14(10-23)7-8-16(27-2)19(18)28-3/h5-10H,11H2,1-4H3,(H,22,24). The van der Waals surface area contributed by atoms with Crippen LogP contribution in [0.2, 0.25) is 0 Å². The van der Waals surface area contributed by atoms with Gasteiger partial charge in [-0.1, -0.05) is 6.07 Å². The molecule has 30 heavy (non-hydrogen) atoms. The lowest BCUT2D eigenvalue weighted by atomic mass is 10.1. The third-order valence-electron chi connectivity index (χ3n) is 4.18. The van der Waals surface area contributed by atoms with Crippen molar-refractivity contribution in [2.45, 2.75) is 6.92 Å². The van der Waals surface area contributed by atoms with E-state index in [4.69, 9.17) is 14.2 Å². The molecule has 1 N–H and O–H groups in total. The number of rotatable bonds is 8. The SMILES string of the molecule is COC(=O)c1ccc(C)c(NC(=O)COC(=O)c2c(C=O)ccc(OC)c2OC)c1. The molecule has 2 aromatic rings. The average Bonchev–Trinajstić information content (AvgIpc) is 2.77. The topological polar surface area (TPSA) is 117 Å². The Morgan fingerprint density at radius 2 is 1.73 bits per heavy atom. The fraction of sp³-hybridized carbons (Fsp3) is 0.238. The third-order valence-corrected chi connectivity index (χ3v) is 4.18. The van der Waals surface area contributed by atoms with Crippen molar-refractivity contribution in [2.75, 3.05) is 33.3 Å². The van der Waals surface area contributed by atoms with E-state index in [0.717, 1.165) is 0 Å². The summed E-state index contributed by atoms with van der Waals surface area (Å²) in [6.07, 6.45) is 0.473. The summed E-state index contributed by atoms with van der Waals surface area (Å²) in [6, 6.07) is 7.52. The van der Waals surface area contributed by atoms with Gasteiger partial charge in [-0.15, -0.1) is 0 Å². The van der Waals surface area contributed by atoms with Gasteiger partial charge in [0.15, 0.2) is 24.4 Å². The molecule has 1 amide bonds. The first-order chi connectivity index (χ1) is 14.4. The second kappa shape index (κ2) is 10.1. The molecule has 0 saturated heterocycles. The van der Waals surface area contributed by atoms with Crippen LogP contribution >= 0.6 is 0 Å². The molecule has 0 unspecified atom stereocenters. The number of hydrogen-bond acceptors (Lipinski definition) is 8. The van der Waals surface area contributed by atoms with Crippen molar-refractivity contribution in [1.29, 1.82) is 0 Å². The fourth-order valence-electron chi connectivity index (χ4n) is 2.64. The molecule has 0 aliphatic rings. The van der Waals surface area contributed by atoms with Gasteiger partial charge >= 0.3 is 11.9 Å². The Kier molecular flexibility index (Phi) is 7.51. The predicted octanol–water partition coefficient (Wildman–Crippen LogP) is 2.41. The molecule has 0 spiro atoms. The maximum Gasteiger partial charge on any atom is 0.343 e. The molecule has 9 nitrogen and oxygen atoms in total. The summed E-state index contributed by atoms with van der Waals surface area (Å²) >= 11 is 0. The quantitative estimate of drug-likeness (QED) is 0.516. The predicted molar refractivity (Wildman–Crippen MR) is 106 cm³/mol. The van der Waals surface area contributed by atoms with Crippen LogP contribution < -0.4 is 14.8 Å². The monoisotopic (exact) mass is 415 g/mol. The van der Waals surface area contributed by atoms with E-state index in [-0.39, 0.29) is 28.2 Å². The van der Waals surface area contributed by atoms with E-state index in [1.54, 1.807) is 19.1 Å². The number of carbonyl (C=O) groups excluding carboxylic acids is 4. The van der Waals surface area contributed by atoms with Crippen LogP contribution in [-0.4, -0.2) is 52.1 Å². The lowest BCUT2D eigenvalue weighted by Gasteiger charge is -2.14. The van der Waals surface area contributed by atoms with Crippen LogP contribution in [0.15, 0.2) is 30.3 Å². The third kappa shape index (κ3) is 4.93. The van der Waals surface area contributed by atoms with Crippen LogP contribution in [0.5, 0.6) is 11.5 Å². The Hall–Kier alpha value is -3.88. The van der Waals surface area contributed by atoms with E-state index in [1.165, 1.54) is 39.5 Å². The van der Waals surface area contributed by atoms with Gasteiger partial charge in [0.1, 0.15) is 5.56 Å². The van der Waals surface area contributed by atoms with Gasteiger partial charge in [0.05, 0.1) is 26.9 Å². The molecule has 0 heterocycles. The first-order valence-corrected chi connectivity index (χ1v) is 8.72. The maximum absolute atomic E-state index is 12.5. The number of aryl methyl sites for hydroxylation is 1. The van der Waals surface area contributed by atoms with Crippen LogP contribution in [0, 0.1) is 6.92 Å². The van der Waals surface area contributed by atoms with Gasteiger partial charge in [0.25, 0.3) is 5.91 Å². The molecule has 0 atom stereocenters. The Morgan fingerprint density at radius 1 is 1.00 bits per heavy atom. The number of esters is 2. The smallest absolute Gasteiger partial charge is 0.343 e. The molecule has 9 heteroatoms. The van der Waals surface area contributed by atoms with Gasteiger partial charge in [-0.25, -0.2) is 9.59 Å². The van der Waals surface area contributed by atoms with Crippen molar-refractivity contribution in [1.82, 2.24) is 0 Å². The maximum atomic E-state index is 12.5. The van der Waals surface area contributed by atoms with Crippen molar-refractivity contribution in [3.8, 4) is 11.5 Å². The second-order valence-electron chi connectivity index (χ2n) is 6.03. The molecule has 2 rings (SSSR count). The second-order valence-corrected chi connectivity index (χ2v) is 6.03. The highest BCUT2D eigenvalue weighted by Crippen LogP contribution is 2.33. The summed E-state index contributed by atoms with van der Waals surface area (Å²) in [4.78, 5) is 47.7. The van der Waals surface area contributed by atoms with Crippen LogP contribution in [0.3, 0.4) is 0 Å². The Bertz CT molecular complexity index is 983. The summed E-state index contributed by atoms with van der Waals surface area (Å²) in [6.45, 7) is 1.11. The molecule has 0 radical (unpaired) electrons. The highest BCUT2D eigenvalue weighted by molar-refractivity contribution is 6.03. The Balaban J connectivity index is 2.15. The molecule has 0 bridgehead atoms. The minimum atomic E-state index is -0.928. The zero-order valence-corrected chi connectivity index (χ0v) is 16.9. The molecule has 158 valence electrons. The lowest BCUT2D eigenvalue weighted by molar-refractivity contribution is -0.119. The van der Waals surface area contributed by atoms with Crippen molar-refractivity contribution < 1.29 is 38.1 Å². The fourth-order valence-corrected chi connectivity index (χ4v) is 2.64. The number of benzene rings is 2. The molecular weight excluding hydrogens is 394 g/mol. The van der Waals surface area contributed by atoms with Crippen molar-refractivity contribution >= 4 is 29.8 Å². The molecule has 0 aliphatic heterocycles. The van der Waals surface area contributed by atoms with Crippen molar-refractivity contribution in [3.63, 3.8) is 0 Å². The number of ether oxygens (including phenoxy) is 4. The number of amides is 1. The highest BCUT2D eigenvalue weighted by Gasteiger charge is 2.23. The van der Waals surface area contributed by atoms with Crippen molar-refractivity contribution in [2.24, 2.45) is 0 Å². The van der Waals surface area contributed by atoms with Gasteiger partial charge in [-0.3, -0.25) is 9.59 Å². The first kappa shape index (κ1) is 22.4. The zero-order valence-electron chi connectivity index (χ0n) is 16.9. The number of methoxy groups -OCH3 is 3. The molecule has 0 aliphatic carbocycles. The van der Waals surface area contributed by atoms with E-state index in [1.807, 2.05) is 0 Å². The minimum absolute atomic E-state index is 0.0223. The summed E-state index contributed by atoms with van der Waals surface area (Å²) < 4.78 is 20.0. The molecular formula is C21H21NO8. The summed E-state index contributed by atoms with van der Waals surface area (Å²) in [7, 11) is 3.94. The van der Waals surface area contributed by atoms with Crippen LogP contribution in [0.1, 0.15) is 36.6 Å². The normalized spacial score (nSPS) is 10.0. The highest BCUT2D eigenvalue weighted by atomic mass is 16.5. The van der Waals surface area contributed by atoms with Gasteiger partial charge in [0, 0.05) is 11.3 Å². The van der Waals surface area contributed by atoms with E-state index in [9.17, 15) is 19.2 Å². The Labute approximate surface area is 172 Å². The van der Waals surface area contributed by atoms with Crippen LogP contribution in [-0.2, 0) is 14.3 Å². The van der Waals surface area contributed by atoms with Gasteiger partial charge in [-0.05, 0) is 36.8 Å². The largest absolute Gasteiger partial charge is 0.493 e. The first-order valence-electron chi connectivity index (χ1n) is 8.72. The van der Waals surface area contributed by atoms with E-state index in [2.05, 4.69) is 10.1 Å². The van der Waals surface area contributed by atoms with E-state index < -0.39 is 24.5 Å². The summed E-state index contributed by atoms with van der Waals surface area (Å²) in [5.74, 6) is -1.86. The van der Waals surface area contributed by atoms with E-state index in [0.29, 0.717) is 17.5 Å². The molecule has 2 aromatic carbocycles. The number of anilines is 1. The molecule has 0 saturated carbocycles. The Morgan fingerprint density at radius 3 is 2.33 bits per heavy atom. The molecule has 0 aromatic heterocycles. The number of carbonyl (C=O) groups is 4.